The van der Waals surface area contributed by atoms with Crippen LogP contribution < -0.4 is 15.7 Å². The highest BCUT2D eigenvalue weighted by Crippen LogP contribution is 2.17. The molecular weight excluding hydrogens is 330 g/mol. The maximum Gasteiger partial charge on any atom is 0.168 e. The Morgan fingerprint density at radius 2 is 1.04 bits per heavy atom. The van der Waals surface area contributed by atoms with E-state index >= 15 is 0 Å². The van der Waals surface area contributed by atoms with Crippen molar-refractivity contribution in [2.45, 2.75) is 6.55 Å². The largest absolute Gasteiger partial charge is 0.265 e. The average Bonchev–Trinajstić information content (AvgIpc) is 2.75. The van der Waals surface area contributed by atoms with Crippen molar-refractivity contribution in [2.24, 2.45) is 0 Å². The molecule has 3 aromatic carbocycles. The van der Waals surface area contributed by atoms with Crippen molar-refractivity contribution < 1.29 is 0 Å². The third kappa shape index (κ3) is 3.00. The Hall–Kier alpha value is -2.97. The Kier molecular flexibility index (Phi) is 4.51. The molecule has 0 saturated heterocycles. The van der Waals surface area contributed by atoms with Gasteiger partial charge < -0.3 is 0 Å². The van der Waals surface area contributed by atoms with Crippen molar-refractivity contribution in [3.05, 3.63) is 109 Å². The van der Waals surface area contributed by atoms with Crippen LogP contribution in [0.25, 0.3) is 11.1 Å². The van der Waals surface area contributed by atoms with E-state index in [1.165, 1.54) is 21.3 Å². The van der Waals surface area contributed by atoms with Gasteiger partial charge in [0.2, 0.25) is 0 Å². The number of nitrogens with zero attached hydrogens (tertiary/aromatic N) is 1. The van der Waals surface area contributed by atoms with Gasteiger partial charge in [-0.05, 0) is 27.6 Å². The van der Waals surface area contributed by atoms with Crippen molar-refractivity contribution in [2.75, 3.05) is 0 Å². The Morgan fingerprint density at radius 1 is 0.538 bits per heavy atom. The lowest BCUT2D eigenvalue weighted by Crippen LogP contribution is -2.65. The monoisotopic (exact) mass is 351 g/mol. The van der Waals surface area contributed by atoms with E-state index in [0.717, 1.165) is 5.56 Å². The molecule has 0 aliphatic heterocycles. The normalized spacial score (nSPS) is 11.3. The van der Waals surface area contributed by atoms with Crippen molar-refractivity contribution in [1.29, 1.82) is 0 Å². The summed E-state index contributed by atoms with van der Waals surface area (Å²) in [5, 5.41) is 3.95. The lowest BCUT2D eigenvalue weighted by Gasteiger charge is -2.28. The standard InChI is InChI=1S/C24H21NSi/c1-26(22-13-7-3-8-14-22,23-15-9-4-10-16-23)24-18-17-21(19-25-24)20-11-5-2-6-12-20/h2-19H,1H3. The molecule has 0 saturated carbocycles. The summed E-state index contributed by atoms with van der Waals surface area (Å²) in [6.07, 6.45) is 2.02. The van der Waals surface area contributed by atoms with Crippen LogP contribution in [0.3, 0.4) is 0 Å². The SMILES string of the molecule is C[Si](c1ccccc1)(c1ccccc1)c1ccc(-c2ccccc2)cn1. The fraction of sp³-hybridized carbons (Fsp3) is 0.0417. The molecule has 126 valence electrons. The first-order valence-electron chi connectivity index (χ1n) is 8.91. The molecule has 2 heteroatoms. The topological polar surface area (TPSA) is 12.9 Å². The summed E-state index contributed by atoms with van der Waals surface area (Å²) in [6, 6.07) is 36.5. The van der Waals surface area contributed by atoms with Gasteiger partial charge in [0, 0.05) is 11.5 Å². The summed E-state index contributed by atoms with van der Waals surface area (Å²) in [5.41, 5.74) is 2.36. The first-order chi connectivity index (χ1) is 12.8. The molecule has 1 nitrogen and oxygen atoms in total. The molecule has 0 aliphatic rings. The van der Waals surface area contributed by atoms with Crippen LogP contribution in [0.15, 0.2) is 109 Å². The first-order valence-corrected chi connectivity index (χ1v) is 11.4. The smallest absolute Gasteiger partial charge is 0.168 e. The number of hydrogen-bond donors (Lipinski definition) is 0. The summed E-state index contributed by atoms with van der Waals surface area (Å²) in [4.78, 5) is 4.94. The molecule has 0 amide bonds. The second-order valence-electron chi connectivity index (χ2n) is 6.66. The second-order valence-corrected chi connectivity index (χ2v) is 10.6. The summed E-state index contributed by atoms with van der Waals surface area (Å²) in [7, 11) is -2.11. The molecule has 0 fully saturated rings. The van der Waals surface area contributed by atoms with Crippen LogP contribution in [-0.2, 0) is 0 Å². The van der Waals surface area contributed by atoms with Crippen molar-refractivity contribution in [3.8, 4) is 11.1 Å². The van der Waals surface area contributed by atoms with Gasteiger partial charge in [-0.15, -0.1) is 0 Å². The van der Waals surface area contributed by atoms with E-state index in [-0.39, 0.29) is 0 Å². The van der Waals surface area contributed by atoms with E-state index in [0.29, 0.717) is 0 Å². The Labute approximate surface area is 156 Å². The van der Waals surface area contributed by atoms with Crippen LogP contribution in [0, 0.1) is 0 Å². The molecule has 0 atom stereocenters. The minimum absolute atomic E-state index is 1.16. The van der Waals surface area contributed by atoms with Crippen LogP contribution in [0.5, 0.6) is 0 Å². The quantitative estimate of drug-likeness (QED) is 0.509. The van der Waals surface area contributed by atoms with Gasteiger partial charge in [0.15, 0.2) is 8.07 Å². The number of pyridine rings is 1. The molecule has 0 bridgehead atoms. The van der Waals surface area contributed by atoms with Gasteiger partial charge >= 0.3 is 0 Å². The molecule has 26 heavy (non-hydrogen) atoms. The number of rotatable bonds is 4. The number of hydrogen-bond acceptors (Lipinski definition) is 1. The van der Waals surface area contributed by atoms with Gasteiger partial charge in [-0.1, -0.05) is 104 Å². The molecule has 1 heterocycles. The Balaban J connectivity index is 1.83. The van der Waals surface area contributed by atoms with Crippen LogP contribution in [0.2, 0.25) is 6.55 Å². The first kappa shape index (κ1) is 16.5. The average molecular weight is 352 g/mol. The van der Waals surface area contributed by atoms with E-state index in [1.807, 2.05) is 12.3 Å². The van der Waals surface area contributed by atoms with Crippen molar-refractivity contribution in [1.82, 2.24) is 4.98 Å². The third-order valence-corrected chi connectivity index (χ3v) is 9.38. The second kappa shape index (κ2) is 7.10. The van der Waals surface area contributed by atoms with Crippen LogP contribution in [-0.4, -0.2) is 13.1 Å². The van der Waals surface area contributed by atoms with Crippen LogP contribution in [0.4, 0.5) is 0 Å². The molecule has 0 N–H and O–H groups in total. The van der Waals surface area contributed by atoms with E-state index in [1.54, 1.807) is 0 Å². The molecule has 4 rings (SSSR count). The maximum absolute atomic E-state index is 4.94. The Bertz CT molecular complexity index is 925. The highest BCUT2D eigenvalue weighted by molar-refractivity contribution is 7.10. The fourth-order valence-corrected chi connectivity index (χ4v) is 6.88. The van der Waals surface area contributed by atoms with Gasteiger partial charge in [-0.25, -0.2) is 0 Å². The highest BCUT2D eigenvalue weighted by Gasteiger charge is 2.35. The summed E-state index contributed by atoms with van der Waals surface area (Å²) in [5.74, 6) is 0. The van der Waals surface area contributed by atoms with Crippen LogP contribution in [0.1, 0.15) is 0 Å². The predicted octanol–water partition coefficient (Wildman–Crippen LogP) is 3.85. The number of aromatic nitrogens is 1. The lowest BCUT2D eigenvalue weighted by atomic mass is 10.1. The maximum atomic E-state index is 4.94. The third-order valence-electron chi connectivity index (χ3n) is 5.09. The molecule has 4 aromatic rings. The van der Waals surface area contributed by atoms with Crippen LogP contribution >= 0.6 is 0 Å². The molecule has 0 aliphatic carbocycles. The summed E-state index contributed by atoms with van der Waals surface area (Å²) >= 11 is 0. The van der Waals surface area contributed by atoms with E-state index < -0.39 is 8.07 Å². The van der Waals surface area contributed by atoms with Crippen molar-refractivity contribution >= 4 is 23.8 Å². The van der Waals surface area contributed by atoms with E-state index in [9.17, 15) is 0 Å². The molecule has 1 aromatic heterocycles. The lowest BCUT2D eigenvalue weighted by molar-refractivity contribution is 1.37. The fourth-order valence-electron chi connectivity index (χ4n) is 3.50. The zero-order valence-electron chi connectivity index (χ0n) is 14.8. The summed E-state index contributed by atoms with van der Waals surface area (Å²) < 4.78 is 0. The molecular formula is C24H21NSi. The van der Waals surface area contributed by atoms with Gasteiger partial charge in [0.1, 0.15) is 0 Å². The molecule has 0 spiro atoms. The van der Waals surface area contributed by atoms with Gasteiger partial charge in [-0.2, -0.15) is 0 Å². The van der Waals surface area contributed by atoms with Gasteiger partial charge in [0.05, 0.1) is 0 Å². The minimum Gasteiger partial charge on any atom is -0.265 e. The summed E-state index contributed by atoms with van der Waals surface area (Å²) in [6.45, 7) is 2.39. The molecule has 0 radical (unpaired) electrons. The van der Waals surface area contributed by atoms with Gasteiger partial charge in [0.25, 0.3) is 0 Å². The zero-order valence-corrected chi connectivity index (χ0v) is 15.8. The highest BCUT2D eigenvalue weighted by atomic mass is 28.3. The minimum atomic E-state index is -2.11. The number of benzene rings is 3. The van der Waals surface area contributed by atoms with E-state index in [4.69, 9.17) is 4.98 Å². The Morgan fingerprint density at radius 3 is 1.50 bits per heavy atom. The predicted molar refractivity (Wildman–Crippen MR) is 113 cm³/mol. The zero-order chi connectivity index (χ0) is 17.8. The molecule has 0 unspecified atom stereocenters. The van der Waals surface area contributed by atoms with Crippen molar-refractivity contribution in [3.63, 3.8) is 0 Å². The van der Waals surface area contributed by atoms with Gasteiger partial charge in [-0.3, -0.25) is 4.98 Å². The van der Waals surface area contributed by atoms with E-state index in [2.05, 4.69) is 104 Å².